The molecule has 2 heterocycles. The number of nitrogens with one attached hydrogen (secondary N) is 1. The number of anilines is 2. The Morgan fingerprint density at radius 3 is 2.61 bits per heavy atom. The lowest BCUT2D eigenvalue weighted by atomic mass is 10.2. The molecule has 3 N–H and O–H groups in total. The third-order valence-corrected chi connectivity index (χ3v) is 5.87. The first-order valence-corrected chi connectivity index (χ1v) is 9.72. The van der Waals surface area contributed by atoms with Crippen LogP contribution in [0.3, 0.4) is 0 Å². The largest absolute Gasteiger partial charge is 0.365 e. The molecule has 0 radical (unpaired) electrons. The van der Waals surface area contributed by atoms with Gasteiger partial charge in [-0.1, -0.05) is 35.9 Å². The summed E-state index contributed by atoms with van der Waals surface area (Å²) in [6, 6.07) is 18.0. The lowest BCUT2D eigenvalue weighted by molar-refractivity contribution is 0.100. The number of primary amides is 1. The topological polar surface area (TPSA) is 77.1 Å². The van der Waals surface area contributed by atoms with E-state index in [2.05, 4.69) is 5.32 Å². The number of aryl methyl sites for hydroxylation is 1. The lowest BCUT2D eigenvalue weighted by Gasteiger charge is -2.10. The Labute approximate surface area is 170 Å². The van der Waals surface area contributed by atoms with E-state index in [1.54, 1.807) is 30.3 Å². The predicted molar refractivity (Wildman–Crippen MR) is 115 cm³/mol. The first-order chi connectivity index (χ1) is 13.5. The van der Waals surface area contributed by atoms with Crippen LogP contribution in [-0.4, -0.2) is 10.5 Å². The highest BCUT2D eigenvalue weighted by atomic mass is 35.5. The van der Waals surface area contributed by atoms with E-state index in [-0.39, 0.29) is 5.56 Å². The van der Waals surface area contributed by atoms with Crippen molar-refractivity contribution in [1.29, 1.82) is 0 Å². The van der Waals surface area contributed by atoms with Crippen molar-refractivity contribution in [2.75, 3.05) is 5.32 Å². The third-order valence-electron chi connectivity index (χ3n) is 4.35. The summed E-state index contributed by atoms with van der Waals surface area (Å²) in [5.74, 6) is -0.561. The molecule has 0 atom stereocenters. The Bertz CT molecular complexity index is 1280. The van der Waals surface area contributed by atoms with Crippen LogP contribution in [0, 0.1) is 6.92 Å². The standard InChI is InChI=1S/C21H16ClN3O2S/c1-12-5-4-6-13(11-12)24-18-14-9-10-17(26)25(16-8-3-2-7-15(16)22)21(14)28-19(18)20(23)27/h2-11,24H,1H3,(H2,23,27). The van der Waals surface area contributed by atoms with Gasteiger partial charge in [0.05, 0.1) is 16.4 Å². The number of carbonyl (C=O) groups is 1. The smallest absolute Gasteiger partial charge is 0.261 e. The van der Waals surface area contributed by atoms with Crippen molar-refractivity contribution in [2.45, 2.75) is 6.92 Å². The van der Waals surface area contributed by atoms with Crippen LogP contribution in [0.1, 0.15) is 15.2 Å². The number of hydrogen-bond donors (Lipinski definition) is 2. The van der Waals surface area contributed by atoms with Crippen LogP contribution < -0.4 is 16.6 Å². The molecular formula is C21H16ClN3O2S. The van der Waals surface area contributed by atoms with Gasteiger partial charge in [0, 0.05) is 17.1 Å². The summed E-state index contributed by atoms with van der Waals surface area (Å²) in [6.07, 6.45) is 0. The van der Waals surface area contributed by atoms with Gasteiger partial charge in [-0.25, -0.2) is 0 Å². The van der Waals surface area contributed by atoms with Crippen molar-refractivity contribution in [1.82, 2.24) is 4.57 Å². The second-order valence-electron chi connectivity index (χ2n) is 6.34. The molecule has 0 aliphatic carbocycles. The number of halogens is 1. The molecule has 140 valence electrons. The van der Waals surface area contributed by atoms with E-state index in [9.17, 15) is 9.59 Å². The molecule has 0 aliphatic heterocycles. The second kappa shape index (κ2) is 7.14. The molecule has 4 aromatic rings. The van der Waals surface area contributed by atoms with Gasteiger partial charge in [0.2, 0.25) is 0 Å². The molecule has 4 rings (SSSR count). The number of benzene rings is 2. The van der Waals surface area contributed by atoms with Crippen LogP contribution in [0.2, 0.25) is 5.02 Å². The van der Waals surface area contributed by atoms with Gasteiger partial charge < -0.3 is 11.1 Å². The first kappa shape index (κ1) is 18.3. The number of pyridine rings is 1. The van der Waals surface area contributed by atoms with E-state index in [4.69, 9.17) is 17.3 Å². The van der Waals surface area contributed by atoms with E-state index in [1.807, 2.05) is 31.2 Å². The highest BCUT2D eigenvalue weighted by Gasteiger charge is 2.20. The Kier molecular flexibility index (Phi) is 4.66. The maximum atomic E-state index is 12.7. The van der Waals surface area contributed by atoms with Crippen LogP contribution in [0.25, 0.3) is 15.9 Å². The van der Waals surface area contributed by atoms with Crippen LogP contribution in [0.5, 0.6) is 0 Å². The van der Waals surface area contributed by atoms with E-state index in [0.717, 1.165) is 16.6 Å². The van der Waals surface area contributed by atoms with Crippen LogP contribution >= 0.6 is 22.9 Å². The Hall–Kier alpha value is -3.09. The number of hydrogen-bond acceptors (Lipinski definition) is 4. The van der Waals surface area contributed by atoms with Crippen LogP contribution in [0.15, 0.2) is 65.5 Å². The molecule has 0 spiro atoms. The number of para-hydroxylation sites is 1. The third kappa shape index (κ3) is 3.17. The zero-order valence-corrected chi connectivity index (χ0v) is 16.5. The molecule has 5 nitrogen and oxygen atoms in total. The summed E-state index contributed by atoms with van der Waals surface area (Å²) in [6.45, 7) is 1.99. The number of nitrogens with two attached hydrogens (primary N) is 1. The fourth-order valence-corrected chi connectivity index (χ4v) is 4.44. The number of nitrogens with zero attached hydrogens (tertiary/aromatic N) is 1. The summed E-state index contributed by atoms with van der Waals surface area (Å²) >= 11 is 7.49. The van der Waals surface area contributed by atoms with Crippen molar-refractivity contribution in [3.8, 4) is 5.69 Å². The fourth-order valence-electron chi connectivity index (χ4n) is 3.11. The molecule has 2 aromatic heterocycles. The van der Waals surface area contributed by atoms with Crippen LogP contribution in [-0.2, 0) is 0 Å². The molecular weight excluding hydrogens is 394 g/mol. The van der Waals surface area contributed by atoms with Gasteiger partial charge in [-0.05, 0) is 42.8 Å². The summed E-state index contributed by atoms with van der Waals surface area (Å²) in [5, 5.41) is 4.46. The predicted octanol–water partition coefficient (Wildman–Crippen LogP) is 4.86. The van der Waals surface area contributed by atoms with E-state index < -0.39 is 5.91 Å². The highest BCUT2D eigenvalue weighted by Crippen LogP contribution is 2.38. The highest BCUT2D eigenvalue weighted by molar-refractivity contribution is 7.21. The number of carbonyl (C=O) groups excluding carboxylic acids is 1. The number of aromatic nitrogens is 1. The molecule has 0 saturated heterocycles. The molecule has 0 saturated carbocycles. The molecule has 0 unspecified atom stereocenters. The van der Waals surface area contributed by atoms with Crippen molar-refractivity contribution in [2.24, 2.45) is 5.73 Å². The SMILES string of the molecule is Cc1cccc(Nc2c(C(N)=O)sc3c2ccc(=O)n3-c2ccccc2Cl)c1. The van der Waals surface area contributed by atoms with Gasteiger partial charge in [0.1, 0.15) is 9.71 Å². The van der Waals surface area contributed by atoms with Gasteiger partial charge in [-0.15, -0.1) is 11.3 Å². The van der Waals surface area contributed by atoms with Gasteiger partial charge in [-0.2, -0.15) is 0 Å². The summed E-state index contributed by atoms with van der Waals surface area (Å²) < 4.78 is 1.51. The normalized spacial score (nSPS) is 10.9. The summed E-state index contributed by atoms with van der Waals surface area (Å²) in [5.41, 5.74) is 8.45. The van der Waals surface area contributed by atoms with E-state index in [0.29, 0.717) is 26.1 Å². The number of thiophene rings is 1. The molecule has 7 heteroatoms. The monoisotopic (exact) mass is 409 g/mol. The van der Waals surface area contributed by atoms with E-state index >= 15 is 0 Å². The lowest BCUT2D eigenvalue weighted by Crippen LogP contribution is -2.16. The number of amides is 1. The number of fused-ring (bicyclic) bond motifs is 1. The number of rotatable bonds is 4. The van der Waals surface area contributed by atoms with E-state index in [1.165, 1.54) is 22.0 Å². The van der Waals surface area contributed by atoms with Crippen molar-refractivity contribution >= 4 is 50.4 Å². The molecule has 0 fully saturated rings. The molecule has 2 aromatic carbocycles. The zero-order valence-electron chi connectivity index (χ0n) is 14.9. The summed E-state index contributed by atoms with van der Waals surface area (Å²) in [7, 11) is 0. The zero-order chi connectivity index (χ0) is 19.8. The van der Waals surface area contributed by atoms with Crippen LogP contribution in [0.4, 0.5) is 11.4 Å². The minimum Gasteiger partial charge on any atom is -0.365 e. The average Bonchev–Trinajstić information content (AvgIpc) is 3.01. The van der Waals surface area contributed by atoms with Crippen molar-refractivity contribution < 1.29 is 4.79 Å². The summed E-state index contributed by atoms with van der Waals surface area (Å²) in [4.78, 5) is 25.7. The fraction of sp³-hybridized carbons (Fsp3) is 0.0476. The van der Waals surface area contributed by atoms with Gasteiger partial charge in [-0.3, -0.25) is 14.2 Å². The first-order valence-electron chi connectivity index (χ1n) is 8.52. The Morgan fingerprint density at radius 1 is 1.11 bits per heavy atom. The maximum absolute atomic E-state index is 12.7. The second-order valence-corrected chi connectivity index (χ2v) is 7.75. The minimum atomic E-state index is -0.561. The quantitative estimate of drug-likeness (QED) is 0.505. The average molecular weight is 410 g/mol. The molecule has 1 amide bonds. The van der Waals surface area contributed by atoms with Crippen molar-refractivity contribution in [3.05, 3.63) is 86.5 Å². The van der Waals surface area contributed by atoms with Gasteiger partial charge >= 0.3 is 0 Å². The Morgan fingerprint density at radius 2 is 1.89 bits per heavy atom. The molecule has 28 heavy (non-hydrogen) atoms. The molecule has 0 aliphatic rings. The molecule has 0 bridgehead atoms. The minimum absolute atomic E-state index is 0.236. The maximum Gasteiger partial charge on any atom is 0.261 e. The Balaban J connectivity index is 2.00. The van der Waals surface area contributed by atoms with Gasteiger partial charge in [0.25, 0.3) is 11.5 Å². The van der Waals surface area contributed by atoms with Crippen molar-refractivity contribution in [3.63, 3.8) is 0 Å². The van der Waals surface area contributed by atoms with Gasteiger partial charge in [0.15, 0.2) is 0 Å².